The molecule has 5 rings (SSSR count). The number of anilines is 1. The molecule has 1 atom stereocenters. The minimum atomic E-state index is -2.76. The second-order valence-electron chi connectivity index (χ2n) is 8.72. The summed E-state index contributed by atoms with van der Waals surface area (Å²) in [5.74, 6) is -0.0955. The largest absolute Gasteiger partial charge is 0.466 e. The Morgan fingerprint density at radius 1 is 0.618 bits per heavy atom. The predicted molar refractivity (Wildman–Crippen MR) is 142 cm³/mol. The highest BCUT2D eigenvalue weighted by Gasteiger charge is 2.48. The van der Waals surface area contributed by atoms with Crippen molar-refractivity contribution >= 4 is 35.5 Å². The lowest BCUT2D eigenvalue weighted by Gasteiger charge is -2.49. The van der Waals surface area contributed by atoms with Gasteiger partial charge in [0.15, 0.2) is 0 Å². The van der Waals surface area contributed by atoms with E-state index in [1.807, 2.05) is 0 Å². The summed E-state index contributed by atoms with van der Waals surface area (Å²) in [6.07, 6.45) is 2.02. The lowest BCUT2D eigenvalue weighted by atomic mass is 10.1. The molecule has 0 N–H and O–H groups in total. The molecule has 4 aromatic rings. The number of ether oxygens (including phenoxy) is 1. The summed E-state index contributed by atoms with van der Waals surface area (Å²) in [7, 11) is -2.76. The number of cyclic esters (lactones) is 1. The van der Waals surface area contributed by atoms with E-state index in [4.69, 9.17) is 4.74 Å². The van der Waals surface area contributed by atoms with Gasteiger partial charge in [0.25, 0.3) is 8.24 Å². The number of rotatable bonds is 6. The highest BCUT2D eigenvalue weighted by Crippen LogP contribution is 2.29. The van der Waals surface area contributed by atoms with Crippen LogP contribution in [0, 0.1) is 0 Å². The molecule has 1 heterocycles. The topological polar surface area (TPSA) is 29.5 Å². The van der Waals surface area contributed by atoms with Crippen LogP contribution in [0.1, 0.15) is 19.3 Å². The van der Waals surface area contributed by atoms with Crippen molar-refractivity contribution in [2.24, 2.45) is 0 Å². The van der Waals surface area contributed by atoms with Crippen molar-refractivity contribution in [3.63, 3.8) is 0 Å². The van der Waals surface area contributed by atoms with Crippen LogP contribution in [0.4, 0.5) is 5.69 Å². The van der Waals surface area contributed by atoms with E-state index < -0.39 is 8.24 Å². The van der Waals surface area contributed by atoms with Crippen LogP contribution < -0.4 is 20.1 Å². The molecule has 4 aromatic carbocycles. The van der Waals surface area contributed by atoms with Gasteiger partial charge in [-0.25, -0.2) is 0 Å². The summed E-state index contributed by atoms with van der Waals surface area (Å²) in [6, 6.07) is 43.7. The van der Waals surface area contributed by atoms with Gasteiger partial charge in [-0.15, -0.1) is 0 Å². The summed E-state index contributed by atoms with van der Waals surface area (Å²) in [4.78, 5) is 12.2. The molecule has 0 saturated carbocycles. The predicted octanol–water partition coefficient (Wildman–Crippen LogP) is 4.26. The molecule has 0 bridgehead atoms. The zero-order valence-corrected chi connectivity index (χ0v) is 20.2. The number of nitrogens with zero attached hydrogens (tertiary/aromatic N) is 1. The normalized spacial score (nSPS) is 16.4. The van der Waals surface area contributed by atoms with Crippen LogP contribution in [0.15, 0.2) is 121 Å². The van der Waals surface area contributed by atoms with Crippen LogP contribution in [-0.4, -0.2) is 26.9 Å². The molecule has 0 radical (unpaired) electrons. The van der Waals surface area contributed by atoms with Crippen molar-refractivity contribution < 1.29 is 9.53 Å². The lowest BCUT2D eigenvalue weighted by molar-refractivity contribution is -0.142. The quantitative estimate of drug-likeness (QED) is 0.243. The van der Waals surface area contributed by atoms with Gasteiger partial charge in [-0.3, -0.25) is 4.79 Å². The van der Waals surface area contributed by atoms with E-state index in [1.54, 1.807) is 0 Å². The molecule has 0 aliphatic carbocycles. The Morgan fingerprint density at radius 3 is 1.53 bits per heavy atom. The Labute approximate surface area is 202 Å². The molecule has 1 unspecified atom stereocenters. The van der Waals surface area contributed by atoms with Gasteiger partial charge in [0, 0.05) is 24.6 Å². The maximum absolute atomic E-state index is 12.2. The van der Waals surface area contributed by atoms with Gasteiger partial charge in [0.1, 0.15) is 0 Å². The zero-order valence-electron chi connectivity index (χ0n) is 19.2. The number of hydrogen-bond acceptors (Lipinski definition) is 3. The Balaban J connectivity index is 1.85. The smallest absolute Gasteiger partial charge is 0.305 e. The highest BCUT2D eigenvalue weighted by atomic mass is 28.3. The van der Waals surface area contributed by atoms with Gasteiger partial charge in [-0.05, 0) is 34.1 Å². The number of benzene rings is 4. The lowest BCUT2D eigenvalue weighted by Crippen LogP contribution is -2.79. The molecule has 0 aromatic heterocycles. The summed E-state index contributed by atoms with van der Waals surface area (Å²) in [5, 5.41) is 3.98. The number of esters is 1. The third-order valence-corrected chi connectivity index (χ3v) is 11.6. The van der Waals surface area contributed by atoms with E-state index in [-0.39, 0.29) is 12.0 Å². The molecular weight excluding hydrogens is 434 g/mol. The standard InChI is InChI=1S/C30H29NO2Si/c32-30-22-21-26(23-24-33-30)31(25-13-5-1-6-14-25)34(27-15-7-2-8-16-27,28-17-9-3-10-18-28)29-19-11-4-12-20-29/h1-20,26H,21-24H2. The summed E-state index contributed by atoms with van der Waals surface area (Å²) in [5.41, 5.74) is 1.19. The van der Waals surface area contributed by atoms with Crippen LogP contribution in [0.2, 0.25) is 0 Å². The van der Waals surface area contributed by atoms with Crippen LogP contribution in [-0.2, 0) is 9.53 Å². The number of hydrogen-bond donors (Lipinski definition) is 0. The SMILES string of the molecule is O=C1CCC(N(c2ccccc2)[Si](c2ccccc2)(c2ccccc2)c2ccccc2)CCO1. The fourth-order valence-corrected chi connectivity index (χ4v) is 10.5. The van der Waals surface area contributed by atoms with Crippen molar-refractivity contribution in [2.45, 2.75) is 25.3 Å². The Morgan fingerprint density at radius 2 is 1.06 bits per heavy atom. The maximum atomic E-state index is 12.2. The summed E-state index contributed by atoms with van der Waals surface area (Å²) >= 11 is 0. The third-order valence-electron chi connectivity index (χ3n) is 6.73. The summed E-state index contributed by atoms with van der Waals surface area (Å²) in [6.45, 7) is 0.454. The fourth-order valence-electron chi connectivity index (χ4n) is 5.29. The van der Waals surface area contributed by atoms with Crippen molar-refractivity contribution in [1.29, 1.82) is 0 Å². The van der Waals surface area contributed by atoms with Gasteiger partial charge in [0.2, 0.25) is 0 Å². The first-order chi connectivity index (χ1) is 16.8. The number of carbonyl (C=O) groups excluding carboxylic acids is 1. The fraction of sp³-hybridized carbons (Fsp3) is 0.167. The van der Waals surface area contributed by atoms with E-state index >= 15 is 0 Å². The van der Waals surface area contributed by atoms with Gasteiger partial charge >= 0.3 is 5.97 Å². The van der Waals surface area contributed by atoms with E-state index in [0.29, 0.717) is 13.0 Å². The van der Waals surface area contributed by atoms with Crippen molar-refractivity contribution in [3.8, 4) is 0 Å². The number of para-hydroxylation sites is 1. The second kappa shape index (κ2) is 10.1. The average molecular weight is 464 g/mol. The van der Waals surface area contributed by atoms with E-state index in [1.165, 1.54) is 21.2 Å². The van der Waals surface area contributed by atoms with E-state index in [2.05, 4.69) is 126 Å². The van der Waals surface area contributed by atoms with Gasteiger partial charge in [-0.2, -0.15) is 0 Å². The van der Waals surface area contributed by atoms with Crippen LogP contribution in [0.25, 0.3) is 0 Å². The Bertz CT molecular complexity index is 1100. The molecule has 170 valence electrons. The van der Waals surface area contributed by atoms with E-state index in [0.717, 1.165) is 12.8 Å². The van der Waals surface area contributed by atoms with Crippen molar-refractivity contribution in [1.82, 2.24) is 0 Å². The molecule has 1 fully saturated rings. The van der Waals surface area contributed by atoms with Crippen LogP contribution in [0.3, 0.4) is 0 Å². The summed E-state index contributed by atoms with van der Waals surface area (Å²) < 4.78 is 8.17. The first kappa shape index (κ1) is 22.2. The van der Waals surface area contributed by atoms with Gasteiger partial charge in [-0.1, -0.05) is 109 Å². The highest BCUT2D eigenvalue weighted by molar-refractivity contribution is 7.13. The van der Waals surface area contributed by atoms with Crippen LogP contribution >= 0.6 is 0 Å². The first-order valence-corrected chi connectivity index (χ1v) is 13.9. The molecule has 0 amide bonds. The maximum Gasteiger partial charge on any atom is 0.305 e. The molecule has 3 nitrogen and oxygen atoms in total. The second-order valence-corrected chi connectivity index (χ2v) is 12.4. The molecule has 1 aliphatic rings. The minimum absolute atomic E-state index is 0.0955. The van der Waals surface area contributed by atoms with E-state index in [9.17, 15) is 4.79 Å². The third kappa shape index (κ3) is 4.17. The molecule has 4 heteroatoms. The molecule has 1 aliphatic heterocycles. The zero-order chi connectivity index (χ0) is 23.2. The first-order valence-electron chi connectivity index (χ1n) is 12.0. The minimum Gasteiger partial charge on any atom is -0.466 e. The molecule has 34 heavy (non-hydrogen) atoms. The molecular formula is C30H29NO2Si. The molecule has 0 spiro atoms. The Kier molecular flexibility index (Phi) is 6.59. The van der Waals surface area contributed by atoms with Gasteiger partial charge in [0.05, 0.1) is 6.61 Å². The monoisotopic (exact) mass is 463 g/mol. The number of carbonyl (C=O) groups is 1. The Hall–Kier alpha value is -3.63. The van der Waals surface area contributed by atoms with Crippen molar-refractivity contribution in [2.75, 3.05) is 11.2 Å². The molecule has 1 saturated heterocycles. The van der Waals surface area contributed by atoms with Crippen molar-refractivity contribution in [3.05, 3.63) is 121 Å². The average Bonchev–Trinajstić information content (AvgIpc) is 3.13. The van der Waals surface area contributed by atoms with Gasteiger partial charge < -0.3 is 9.30 Å². The van der Waals surface area contributed by atoms with Crippen LogP contribution in [0.5, 0.6) is 0 Å².